The molecule has 0 aliphatic heterocycles. The molecular weight excluding hydrogens is 192 g/mol. The first-order valence-electron chi connectivity index (χ1n) is 3.75. The first-order valence-corrected chi connectivity index (χ1v) is 3.75. The van der Waals surface area contributed by atoms with Crippen LogP contribution in [0.3, 0.4) is 0 Å². The molecule has 0 spiro atoms. The van der Waals surface area contributed by atoms with Crippen molar-refractivity contribution in [1.29, 1.82) is 5.41 Å². The number of halogens is 1. The maximum Gasteiger partial charge on any atom is 0.286 e. The molecule has 0 aliphatic carbocycles. The van der Waals surface area contributed by atoms with Crippen molar-refractivity contribution in [2.24, 2.45) is 0 Å². The Morgan fingerprint density at radius 3 is 2.38 bits per heavy atom. The molecular formula is C7H15ClN4O. The number of nitrogens with zero attached hydrogens (tertiary/aromatic N) is 3. The van der Waals surface area contributed by atoms with Crippen molar-refractivity contribution in [1.82, 2.24) is 5.27 Å². The number of nitrogens with one attached hydrogen (secondary N) is 1. The van der Waals surface area contributed by atoms with Gasteiger partial charge in [-0.25, -0.2) is 0 Å². The molecule has 5 nitrogen and oxygen atoms in total. The second-order valence-corrected chi connectivity index (χ2v) is 3.68. The van der Waals surface area contributed by atoms with E-state index in [1.54, 1.807) is 0 Å². The van der Waals surface area contributed by atoms with E-state index < -0.39 is 0 Å². The average Bonchev–Trinajstić information content (AvgIpc) is 2.32. The summed E-state index contributed by atoms with van der Waals surface area (Å²) in [5.41, 5.74) is 0.0275. The fourth-order valence-corrected chi connectivity index (χ4v) is 0.687. The van der Waals surface area contributed by atoms with E-state index in [4.69, 9.17) is 5.41 Å². The molecule has 0 aliphatic rings. The van der Waals surface area contributed by atoms with Gasteiger partial charge in [-0.3, -0.25) is 10.4 Å². The van der Waals surface area contributed by atoms with Crippen LogP contribution >= 0.6 is 12.4 Å². The van der Waals surface area contributed by atoms with Crippen molar-refractivity contribution in [3.05, 3.63) is 11.8 Å². The van der Waals surface area contributed by atoms with E-state index in [0.717, 1.165) is 0 Å². The van der Waals surface area contributed by atoms with Gasteiger partial charge >= 0.3 is 0 Å². The van der Waals surface area contributed by atoms with Gasteiger partial charge in [0, 0.05) is 5.54 Å². The van der Waals surface area contributed by atoms with Crippen LogP contribution in [0.2, 0.25) is 0 Å². The van der Waals surface area contributed by atoms with Crippen molar-refractivity contribution in [2.45, 2.75) is 26.3 Å². The van der Waals surface area contributed by atoms with Crippen LogP contribution in [-0.4, -0.2) is 12.6 Å². The molecule has 0 saturated heterocycles. The number of hydrogen-bond donors (Lipinski definition) is 1. The third-order valence-corrected chi connectivity index (χ3v) is 1.73. The highest BCUT2D eigenvalue weighted by Gasteiger charge is 2.17. The molecule has 6 heteroatoms. The van der Waals surface area contributed by atoms with E-state index in [1.807, 2.05) is 12.1 Å². The van der Waals surface area contributed by atoms with Gasteiger partial charge in [0.25, 0.3) is 11.8 Å². The van der Waals surface area contributed by atoms with Crippen molar-refractivity contribution in [2.75, 3.05) is 12.1 Å². The fraction of sp³-hybridized carbons (Fsp3) is 0.714. The third kappa shape index (κ3) is 2.77. The van der Waals surface area contributed by atoms with Crippen LogP contribution in [0.4, 0.5) is 0 Å². The van der Waals surface area contributed by atoms with Crippen molar-refractivity contribution in [3.63, 3.8) is 0 Å². The lowest BCUT2D eigenvalue weighted by molar-refractivity contribution is -0.767. The lowest BCUT2D eigenvalue weighted by Gasteiger charge is -2.31. The largest absolute Gasteiger partial charge is 0.380 e. The molecule has 1 N–H and O–H groups in total. The highest BCUT2D eigenvalue weighted by Crippen LogP contribution is 2.03. The zero-order valence-corrected chi connectivity index (χ0v) is 9.05. The average molecular weight is 207 g/mol. The van der Waals surface area contributed by atoms with Crippen LogP contribution in [0.15, 0.2) is 10.7 Å². The summed E-state index contributed by atoms with van der Waals surface area (Å²) in [6.45, 7) is 6.16. The molecule has 0 unspecified atom stereocenters. The standard InChI is InChI=1S/C7H14N4O.ClH/c1-7(2,3)10(4)11-5-6(8)12-9-11;/h5,8H,1-4H3;1H. The molecule has 13 heavy (non-hydrogen) atoms. The van der Waals surface area contributed by atoms with Crippen LogP contribution < -0.4 is 20.6 Å². The minimum atomic E-state index is -0.0337. The van der Waals surface area contributed by atoms with Gasteiger partial charge in [-0.2, -0.15) is 0 Å². The molecule has 0 amide bonds. The molecule has 0 saturated carbocycles. The van der Waals surface area contributed by atoms with E-state index in [9.17, 15) is 0 Å². The van der Waals surface area contributed by atoms with Crippen LogP contribution in [0.1, 0.15) is 20.8 Å². The highest BCUT2D eigenvalue weighted by atomic mass is 35.5. The van der Waals surface area contributed by atoms with Gasteiger partial charge in [-0.15, -0.1) is 12.4 Å². The Kier molecular flexibility index (Phi) is 3.54. The summed E-state index contributed by atoms with van der Waals surface area (Å²) in [7, 11) is 1.89. The zero-order chi connectivity index (χ0) is 9.35. The maximum atomic E-state index is 7.14. The summed E-state index contributed by atoms with van der Waals surface area (Å²) in [5.74, 6) is 0. The quantitative estimate of drug-likeness (QED) is 0.647. The second-order valence-electron chi connectivity index (χ2n) is 3.68. The Balaban J connectivity index is 0.00000144. The Labute approximate surface area is 83.2 Å². The molecule has 0 aromatic carbocycles. The van der Waals surface area contributed by atoms with Gasteiger partial charge in [-0.05, 0) is 12.3 Å². The van der Waals surface area contributed by atoms with E-state index in [2.05, 4.69) is 30.6 Å². The summed E-state index contributed by atoms with van der Waals surface area (Å²) < 4.78 is 4.62. The maximum absolute atomic E-state index is 7.14. The minimum Gasteiger partial charge on any atom is -0.380 e. The lowest BCUT2D eigenvalue weighted by atomic mass is 10.1. The number of rotatable bonds is 1. The molecule has 0 bridgehead atoms. The third-order valence-electron chi connectivity index (χ3n) is 1.73. The Morgan fingerprint density at radius 2 is 2.08 bits per heavy atom. The summed E-state index contributed by atoms with van der Waals surface area (Å²) in [6, 6.07) is 0. The van der Waals surface area contributed by atoms with Gasteiger partial charge < -0.3 is 4.52 Å². The fourth-order valence-electron chi connectivity index (χ4n) is 0.687. The molecule has 0 radical (unpaired) electrons. The van der Waals surface area contributed by atoms with Gasteiger partial charge in [0.2, 0.25) is 0 Å². The first kappa shape index (κ1) is 12.0. The van der Waals surface area contributed by atoms with E-state index in [0.29, 0.717) is 0 Å². The summed E-state index contributed by atoms with van der Waals surface area (Å²) >= 11 is 0. The van der Waals surface area contributed by atoms with Crippen molar-refractivity contribution < 1.29 is 9.31 Å². The van der Waals surface area contributed by atoms with Crippen molar-refractivity contribution in [3.8, 4) is 0 Å². The van der Waals surface area contributed by atoms with Gasteiger partial charge in [0.15, 0.2) is 0 Å². The van der Waals surface area contributed by atoms with Crippen LogP contribution in [0, 0.1) is 5.41 Å². The number of aromatic nitrogens is 2. The molecule has 1 heterocycles. The molecule has 1 aromatic heterocycles. The smallest absolute Gasteiger partial charge is 0.286 e. The lowest BCUT2D eigenvalue weighted by Crippen LogP contribution is -2.65. The second kappa shape index (κ2) is 3.83. The van der Waals surface area contributed by atoms with Crippen LogP contribution in [-0.2, 0) is 0 Å². The zero-order valence-electron chi connectivity index (χ0n) is 8.24. The van der Waals surface area contributed by atoms with Gasteiger partial charge in [0.05, 0.1) is 0 Å². The molecule has 76 valence electrons. The molecule has 0 atom stereocenters. The van der Waals surface area contributed by atoms with E-state index in [-0.39, 0.29) is 23.5 Å². The molecule has 1 rings (SSSR count). The topological polar surface area (TPSA) is 58.2 Å². The predicted octanol–water partition coefficient (Wildman–Crippen LogP) is -0.208. The molecule has 0 fully saturated rings. The summed E-state index contributed by atoms with van der Waals surface area (Å²) in [6.07, 6.45) is 1.52. The predicted molar refractivity (Wildman–Crippen MR) is 49.2 cm³/mol. The van der Waals surface area contributed by atoms with Crippen LogP contribution in [0.25, 0.3) is 0 Å². The monoisotopic (exact) mass is 206 g/mol. The van der Waals surface area contributed by atoms with Gasteiger partial charge in [0.1, 0.15) is 0 Å². The van der Waals surface area contributed by atoms with Gasteiger partial charge in [-0.1, -0.05) is 25.6 Å². The Morgan fingerprint density at radius 1 is 1.54 bits per heavy atom. The minimum absolute atomic E-state index is 0. The Bertz CT molecular complexity index is 311. The van der Waals surface area contributed by atoms with E-state index >= 15 is 0 Å². The summed E-state index contributed by atoms with van der Waals surface area (Å²) in [4.78, 5) is 1.52. The summed E-state index contributed by atoms with van der Waals surface area (Å²) in [5, 5.41) is 12.7. The molecule has 1 aromatic rings. The Hall–Kier alpha value is -0.970. The highest BCUT2D eigenvalue weighted by molar-refractivity contribution is 5.85. The van der Waals surface area contributed by atoms with Crippen LogP contribution in [0.5, 0.6) is 0 Å². The SMILES string of the molecule is CN([n+]1cc(=N)o[n-]1)C(C)(C)C.Cl. The van der Waals surface area contributed by atoms with Crippen molar-refractivity contribution >= 4 is 12.4 Å². The normalized spacial score (nSPS) is 10.8. The van der Waals surface area contributed by atoms with E-state index in [1.165, 1.54) is 11.0 Å². The number of hydrogen-bond acceptors (Lipinski definition) is 3. The first-order chi connectivity index (χ1) is 5.41.